The molecule has 17 heavy (non-hydrogen) atoms. The van der Waals surface area contributed by atoms with E-state index >= 15 is 0 Å². The van der Waals surface area contributed by atoms with Crippen LogP contribution in [0.5, 0.6) is 0 Å². The second kappa shape index (κ2) is 5.35. The predicted octanol–water partition coefficient (Wildman–Crippen LogP) is 3.81. The summed E-state index contributed by atoms with van der Waals surface area (Å²) < 4.78 is 37.5. The second-order valence-electron chi connectivity index (χ2n) is 3.20. The molecule has 0 atom stereocenters. The third kappa shape index (κ3) is 3.89. The van der Waals surface area contributed by atoms with Gasteiger partial charge in [0.15, 0.2) is 0 Å². The van der Waals surface area contributed by atoms with E-state index in [9.17, 15) is 18.0 Å². The molecule has 1 rings (SSSR count). The van der Waals surface area contributed by atoms with E-state index in [-0.39, 0.29) is 11.1 Å². The number of alkyl halides is 4. The highest BCUT2D eigenvalue weighted by Gasteiger charge is 2.31. The number of allylic oxidation sites excluding steroid dienone is 1. The van der Waals surface area contributed by atoms with Gasteiger partial charge in [-0.2, -0.15) is 13.2 Å². The van der Waals surface area contributed by atoms with Crippen LogP contribution in [-0.4, -0.2) is 16.4 Å². The smallest absolute Gasteiger partial charge is 0.416 e. The number of rotatable bonds is 3. The van der Waals surface area contributed by atoms with E-state index < -0.39 is 17.7 Å². The first-order valence-corrected chi connectivity index (χ1v) is 5.65. The van der Waals surface area contributed by atoms with Crippen molar-refractivity contribution in [3.05, 3.63) is 41.0 Å². The molecule has 0 aliphatic rings. The average molecular weight is 309 g/mol. The molecule has 0 radical (unpaired) electrons. The van der Waals surface area contributed by atoms with Crippen molar-refractivity contribution in [3.63, 3.8) is 0 Å². The van der Waals surface area contributed by atoms with Crippen molar-refractivity contribution >= 4 is 28.0 Å². The molecule has 0 fully saturated rings. The summed E-state index contributed by atoms with van der Waals surface area (Å²) in [6.45, 7) is 0. The molecule has 6 heteroatoms. The summed E-state index contributed by atoms with van der Waals surface area (Å²) in [5.41, 5.74) is -1.14. The van der Waals surface area contributed by atoms with Crippen LogP contribution in [0.15, 0.2) is 24.3 Å². The van der Waals surface area contributed by atoms with Gasteiger partial charge in [-0.1, -0.05) is 28.1 Å². The fourth-order valence-electron chi connectivity index (χ4n) is 1.22. The first-order valence-electron chi connectivity index (χ1n) is 4.52. The number of hydrogen-bond donors (Lipinski definition) is 1. The van der Waals surface area contributed by atoms with Gasteiger partial charge >= 0.3 is 12.1 Å². The highest BCUT2D eigenvalue weighted by molar-refractivity contribution is 9.09. The van der Waals surface area contributed by atoms with Crippen LogP contribution in [-0.2, 0) is 6.18 Å². The summed E-state index contributed by atoms with van der Waals surface area (Å²) in [6, 6.07) is 2.72. The van der Waals surface area contributed by atoms with E-state index in [4.69, 9.17) is 5.11 Å². The summed E-state index contributed by atoms with van der Waals surface area (Å²) in [4.78, 5) is 10.7. The molecule has 0 aliphatic carbocycles. The normalized spacial score (nSPS) is 12.0. The lowest BCUT2D eigenvalue weighted by Crippen LogP contribution is -2.08. The van der Waals surface area contributed by atoms with Gasteiger partial charge in [-0.05, 0) is 23.8 Å². The van der Waals surface area contributed by atoms with Gasteiger partial charge < -0.3 is 5.11 Å². The fraction of sp³-hybridized carbons (Fsp3) is 0.182. The van der Waals surface area contributed by atoms with E-state index in [0.29, 0.717) is 11.4 Å². The number of benzene rings is 1. The lowest BCUT2D eigenvalue weighted by Gasteiger charge is -2.08. The molecule has 0 unspecified atom stereocenters. The van der Waals surface area contributed by atoms with Crippen LogP contribution in [0.3, 0.4) is 0 Å². The van der Waals surface area contributed by atoms with Gasteiger partial charge in [0.1, 0.15) is 0 Å². The average Bonchev–Trinajstić information content (AvgIpc) is 2.24. The van der Waals surface area contributed by atoms with E-state index in [0.717, 1.165) is 6.07 Å². The Kier molecular flexibility index (Phi) is 4.34. The van der Waals surface area contributed by atoms with Gasteiger partial charge in [0.2, 0.25) is 0 Å². The van der Waals surface area contributed by atoms with Crippen LogP contribution in [0.25, 0.3) is 6.08 Å². The first kappa shape index (κ1) is 13.8. The maximum absolute atomic E-state index is 12.5. The maximum Gasteiger partial charge on any atom is 0.416 e. The van der Waals surface area contributed by atoms with Gasteiger partial charge in [-0.25, -0.2) is 4.79 Å². The molecule has 2 nitrogen and oxygen atoms in total. The van der Waals surface area contributed by atoms with Crippen LogP contribution >= 0.6 is 15.9 Å². The molecule has 0 bridgehead atoms. The van der Waals surface area contributed by atoms with Crippen molar-refractivity contribution in [2.45, 2.75) is 6.18 Å². The van der Waals surface area contributed by atoms with Crippen molar-refractivity contribution in [2.24, 2.45) is 0 Å². The number of carboxylic acids is 1. The zero-order chi connectivity index (χ0) is 13.1. The molecule has 92 valence electrons. The number of carboxylic acid groups (broad SMARTS) is 1. The molecular weight excluding hydrogens is 301 g/mol. The first-order chi connectivity index (χ1) is 7.84. The molecule has 1 aromatic rings. The predicted molar refractivity (Wildman–Crippen MR) is 61.2 cm³/mol. The fourth-order valence-corrected chi connectivity index (χ4v) is 1.40. The number of hydrogen-bond acceptors (Lipinski definition) is 1. The van der Waals surface area contributed by atoms with Crippen LogP contribution in [0.2, 0.25) is 0 Å². The lowest BCUT2D eigenvalue weighted by atomic mass is 10.0. The zero-order valence-corrected chi connectivity index (χ0v) is 10.0. The molecule has 1 N–H and O–H groups in total. The highest BCUT2D eigenvalue weighted by Crippen LogP contribution is 2.31. The Balaban J connectivity index is 3.29. The Morgan fingerprint density at radius 3 is 2.47 bits per heavy atom. The molecular formula is C11H8BrF3O2. The lowest BCUT2D eigenvalue weighted by molar-refractivity contribution is -0.137. The summed E-state index contributed by atoms with van der Waals surface area (Å²) in [6.07, 6.45) is -1.54. The Morgan fingerprint density at radius 1 is 1.35 bits per heavy atom. The van der Waals surface area contributed by atoms with Gasteiger partial charge in [0.25, 0.3) is 0 Å². The summed E-state index contributed by atoms with van der Waals surface area (Å²) >= 11 is 3.09. The van der Waals surface area contributed by atoms with Crippen LogP contribution in [0, 0.1) is 0 Å². The van der Waals surface area contributed by atoms with Crippen molar-refractivity contribution in [2.75, 3.05) is 5.33 Å². The molecule has 0 aromatic heterocycles. The molecule has 1 aromatic carbocycles. The van der Waals surface area contributed by atoms with Gasteiger partial charge in [0.05, 0.1) is 11.1 Å². The molecule has 0 aliphatic heterocycles. The SMILES string of the molecule is O=C(O)c1cc(C=CCBr)cc(C(F)(F)F)c1. The van der Waals surface area contributed by atoms with E-state index in [1.165, 1.54) is 12.1 Å². The van der Waals surface area contributed by atoms with Crippen LogP contribution in [0.1, 0.15) is 21.5 Å². The number of halogens is 4. The monoisotopic (exact) mass is 308 g/mol. The Labute approximate surface area is 104 Å². The third-order valence-corrected chi connectivity index (χ3v) is 2.30. The Morgan fingerprint density at radius 2 is 2.00 bits per heavy atom. The number of carbonyl (C=O) groups is 1. The Bertz CT molecular complexity index is 453. The maximum atomic E-state index is 12.5. The van der Waals surface area contributed by atoms with Gasteiger partial charge in [-0.3, -0.25) is 0 Å². The molecule has 0 saturated carbocycles. The van der Waals surface area contributed by atoms with Gasteiger partial charge in [0, 0.05) is 5.33 Å². The summed E-state index contributed by atoms with van der Waals surface area (Å²) in [5, 5.41) is 9.20. The largest absolute Gasteiger partial charge is 0.478 e. The van der Waals surface area contributed by atoms with E-state index in [1.54, 1.807) is 6.08 Å². The standard InChI is InChI=1S/C11H8BrF3O2/c12-3-1-2-7-4-8(10(16)17)6-9(5-7)11(13,14)15/h1-2,4-6H,3H2,(H,16,17). The summed E-state index contributed by atoms with van der Waals surface area (Å²) in [5.74, 6) is -1.38. The van der Waals surface area contributed by atoms with Gasteiger partial charge in [-0.15, -0.1) is 0 Å². The van der Waals surface area contributed by atoms with Crippen molar-refractivity contribution in [1.29, 1.82) is 0 Å². The molecule has 0 heterocycles. The summed E-state index contributed by atoms with van der Waals surface area (Å²) in [7, 11) is 0. The minimum absolute atomic E-state index is 0.205. The second-order valence-corrected chi connectivity index (χ2v) is 3.85. The van der Waals surface area contributed by atoms with Crippen molar-refractivity contribution in [1.82, 2.24) is 0 Å². The minimum Gasteiger partial charge on any atom is -0.478 e. The van der Waals surface area contributed by atoms with Crippen molar-refractivity contribution in [3.8, 4) is 0 Å². The van der Waals surface area contributed by atoms with Crippen molar-refractivity contribution < 1.29 is 23.1 Å². The third-order valence-electron chi connectivity index (χ3n) is 1.93. The Hall–Kier alpha value is -1.30. The number of aromatic carboxylic acids is 1. The zero-order valence-electron chi connectivity index (χ0n) is 8.46. The van der Waals surface area contributed by atoms with E-state index in [2.05, 4.69) is 15.9 Å². The van der Waals surface area contributed by atoms with E-state index in [1.807, 2.05) is 0 Å². The van der Waals surface area contributed by atoms with Crippen LogP contribution < -0.4 is 0 Å². The highest BCUT2D eigenvalue weighted by atomic mass is 79.9. The topological polar surface area (TPSA) is 37.3 Å². The molecule has 0 spiro atoms. The minimum atomic E-state index is -4.55. The molecule has 0 saturated heterocycles. The van der Waals surface area contributed by atoms with Crippen LogP contribution in [0.4, 0.5) is 13.2 Å². The quantitative estimate of drug-likeness (QED) is 0.862. The molecule has 0 amide bonds.